The van der Waals surface area contributed by atoms with E-state index < -0.39 is 0 Å². The lowest BCUT2D eigenvalue weighted by molar-refractivity contribution is 0.102. The molecule has 0 spiro atoms. The first-order valence-electron chi connectivity index (χ1n) is 5.37. The predicted octanol–water partition coefficient (Wildman–Crippen LogP) is 3.53. The molecule has 0 aliphatic rings. The maximum atomic E-state index is 12.2. The van der Waals surface area contributed by atoms with Crippen molar-refractivity contribution in [3.05, 3.63) is 44.7 Å². The molecule has 1 aromatic heterocycles. The summed E-state index contributed by atoms with van der Waals surface area (Å²) in [6, 6.07) is 7.16. The Bertz CT molecular complexity index is 688. The van der Waals surface area contributed by atoms with Crippen LogP contribution >= 0.6 is 27.3 Å². The molecule has 2 aromatic rings. The molecule has 0 fully saturated rings. The molecule has 1 heterocycles. The SMILES string of the molecule is Cc1c(N)cc(Br)cc1C(=O)Nc1sccc1C#N. The normalized spacial score (nSPS) is 9.95. The number of halogens is 1. The summed E-state index contributed by atoms with van der Waals surface area (Å²) in [5.74, 6) is -0.274. The van der Waals surface area contributed by atoms with Gasteiger partial charge in [0.2, 0.25) is 0 Å². The topological polar surface area (TPSA) is 78.9 Å². The van der Waals surface area contributed by atoms with E-state index >= 15 is 0 Å². The molecule has 3 N–H and O–H groups in total. The summed E-state index contributed by atoms with van der Waals surface area (Å²) in [6.45, 7) is 1.79. The number of anilines is 2. The largest absolute Gasteiger partial charge is 0.398 e. The monoisotopic (exact) mass is 335 g/mol. The Morgan fingerprint density at radius 3 is 2.95 bits per heavy atom. The molecule has 0 radical (unpaired) electrons. The maximum Gasteiger partial charge on any atom is 0.256 e. The summed E-state index contributed by atoms with van der Waals surface area (Å²) in [5, 5.41) is 14.0. The number of amides is 1. The van der Waals surface area contributed by atoms with Gasteiger partial charge in [0.15, 0.2) is 0 Å². The summed E-state index contributed by atoms with van der Waals surface area (Å²) in [6.07, 6.45) is 0. The molecule has 0 aliphatic heterocycles. The van der Waals surface area contributed by atoms with Crippen molar-refractivity contribution >= 4 is 43.9 Å². The van der Waals surface area contributed by atoms with E-state index in [1.54, 1.807) is 30.5 Å². The van der Waals surface area contributed by atoms with Crippen LogP contribution in [0.15, 0.2) is 28.1 Å². The minimum atomic E-state index is -0.274. The van der Waals surface area contributed by atoms with Gasteiger partial charge in [-0.2, -0.15) is 5.26 Å². The van der Waals surface area contributed by atoms with E-state index in [9.17, 15) is 4.79 Å². The molecule has 0 aliphatic carbocycles. The van der Waals surface area contributed by atoms with Gasteiger partial charge in [-0.3, -0.25) is 4.79 Å². The van der Waals surface area contributed by atoms with Gasteiger partial charge >= 0.3 is 0 Å². The number of nitrogens with two attached hydrogens (primary N) is 1. The van der Waals surface area contributed by atoms with Crippen LogP contribution in [-0.2, 0) is 0 Å². The van der Waals surface area contributed by atoms with E-state index in [0.717, 1.165) is 10.0 Å². The molecule has 0 bridgehead atoms. The van der Waals surface area contributed by atoms with Gasteiger partial charge < -0.3 is 11.1 Å². The lowest BCUT2D eigenvalue weighted by Crippen LogP contribution is -2.14. The number of carbonyl (C=O) groups is 1. The second-order valence-electron chi connectivity index (χ2n) is 3.90. The van der Waals surface area contributed by atoms with Crippen molar-refractivity contribution in [3.8, 4) is 6.07 Å². The molecule has 1 aromatic carbocycles. The number of nitrogen functional groups attached to an aromatic ring is 1. The zero-order valence-corrected chi connectivity index (χ0v) is 12.4. The fourth-order valence-corrected chi connectivity index (χ4v) is 2.81. The van der Waals surface area contributed by atoms with Crippen LogP contribution in [0.25, 0.3) is 0 Å². The Kier molecular flexibility index (Phi) is 3.88. The molecule has 96 valence electrons. The number of carbonyl (C=O) groups excluding carboxylic acids is 1. The zero-order chi connectivity index (χ0) is 14.0. The number of thiophene rings is 1. The zero-order valence-electron chi connectivity index (χ0n) is 10.0. The molecule has 0 atom stereocenters. The number of nitrogens with one attached hydrogen (secondary N) is 1. The van der Waals surface area contributed by atoms with Gasteiger partial charge in [0.1, 0.15) is 11.1 Å². The molecule has 19 heavy (non-hydrogen) atoms. The van der Waals surface area contributed by atoms with Crippen LogP contribution in [-0.4, -0.2) is 5.91 Å². The lowest BCUT2D eigenvalue weighted by atomic mass is 10.1. The third kappa shape index (κ3) is 2.78. The van der Waals surface area contributed by atoms with Gasteiger partial charge in [-0.25, -0.2) is 0 Å². The number of hydrogen-bond donors (Lipinski definition) is 2. The average Bonchev–Trinajstić information content (AvgIpc) is 2.80. The highest BCUT2D eigenvalue weighted by Crippen LogP contribution is 2.26. The van der Waals surface area contributed by atoms with Gasteiger partial charge in [0, 0.05) is 15.7 Å². The molecule has 0 saturated carbocycles. The van der Waals surface area contributed by atoms with E-state index in [2.05, 4.69) is 21.2 Å². The van der Waals surface area contributed by atoms with Crippen molar-refractivity contribution in [2.45, 2.75) is 6.92 Å². The quantitative estimate of drug-likeness (QED) is 0.824. The van der Waals surface area contributed by atoms with E-state index in [1.807, 2.05) is 6.07 Å². The van der Waals surface area contributed by atoms with Gasteiger partial charge in [0.25, 0.3) is 5.91 Å². The number of rotatable bonds is 2. The Labute approximate surface area is 123 Å². The second-order valence-corrected chi connectivity index (χ2v) is 5.73. The Hall–Kier alpha value is -1.84. The first-order valence-corrected chi connectivity index (χ1v) is 7.04. The van der Waals surface area contributed by atoms with Crippen LogP contribution in [0.3, 0.4) is 0 Å². The molecule has 2 rings (SSSR count). The molecular weight excluding hydrogens is 326 g/mol. The van der Waals surface area contributed by atoms with Gasteiger partial charge in [0.05, 0.1) is 5.56 Å². The average molecular weight is 336 g/mol. The highest BCUT2D eigenvalue weighted by atomic mass is 79.9. The van der Waals surface area contributed by atoms with Crippen LogP contribution in [0.5, 0.6) is 0 Å². The van der Waals surface area contributed by atoms with Crippen molar-refractivity contribution in [1.29, 1.82) is 5.26 Å². The summed E-state index contributed by atoms with van der Waals surface area (Å²) in [4.78, 5) is 12.2. The fraction of sp³-hybridized carbons (Fsp3) is 0.0769. The molecule has 4 nitrogen and oxygen atoms in total. The standard InChI is InChI=1S/C13H10BrN3OS/c1-7-10(4-9(14)5-11(7)16)12(18)17-13-8(6-15)2-3-19-13/h2-5H,16H2,1H3,(H,17,18). The number of nitrogens with zero attached hydrogens (tertiary/aromatic N) is 1. The van der Waals surface area contributed by atoms with Crippen LogP contribution < -0.4 is 11.1 Å². The van der Waals surface area contributed by atoms with E-state index in [1.165, 1.54) is 11.3 Å². The number of benzene rings is 1. The minimum absolute atomic E-state index is 0.274. The molecule has 0 saturated heterocycles. The second kappa shape index (κ2) is 5.43. The highest BCUT2D eigenvalue weighted by molar-refractivity contribution is 9.10. The van der Waals surface area contributed by atoms with Gasteiger partial charge in [-0.05, 0) is 36.1 Å². The smallest absolute Gasteiger partial charge is 0.256 e. The summed E-state index contributed by atoms with van der Waals surface area (Å²) in [5.41, 5.74) is 8.04. The lowest BCUT2D eigenvalue weighted by Gasteiger charge is -2.09. The van der Waals surface area contributed by atoms with E-state index in [0.29, 0.717) is 21.8 Å². The molecule has 1 amide bonds. The Balaban J connectivity index is 2.34. The van der Waals surface area contributed by atoms with Crippen molar-refractivity contribution in [3.63, 3.8) is 0 Å². The highest BCUT2D eigenvalue weighted by Gasteiger charge is 2.14. The Morgan fingerprint density at radius 1 is 1.53 bits per heavy atom. The minimum Gasteiger partial charge on any atom is -0.398 e. The third-order valence-corrected chi connectivity index (χ3v) is 3.96. The predicted molar refractivity (Wildman–Crippen MR) is 80.3 cm³/mol. The van der Waals surface area contributed by atoms with Crippen molar-refractivity contribution in [1.82, 2.24) is 0 Å². The summed E-state index contributed by atoms with van der Waals surface area (Å²) >= 11 is 4.63. The van der Waals surface area contributed by atoms with Gasteiger partial charge in [-0.1, -0.05) is 15.9 Å². The van der Waals surface area contributed by atoms with Crippen molar-refractivity contribution in [2.75, 3.05) is 11.1 Å². The first-order chi connectivity index (χ1) is 9.02. The molecular formula is C13H10BrN3OS. The fourth-order valence-electron chi connectivity index (χ4n) is 1.60. The van der Waals surface area contributed by atoms with E-state index in [-0.39, 0.29) is 5.91 Å². The number of nitriles is 1. The van der Waals surface area contributed by atoms with Crippen LogP contribution in [0.4, 0.5) is 10.7 Å². The molecule has 0 unspecified atom stereocenters. The Morgan fingerprint density at radius 2 is 2.26 bits per heavy atom. The first kappa shape index (κ1) is 13.6. The number of hydrogen-bond acceptors (Lipinski definition) is 4. The van der Waals surface area contributed by atoms with Crippen LogP contribution in [0, 0.1) is 18.3 Å². The molecule has 6 heteroatoms. The van der Waals surface area contributed by atoms with Crippen LogP contribution in [0.1, 0.15) is 21.5 Å². The van der Waals surface area contributed by atoms with Crippen molar-refractivity contribution in [2.24, 2.45) is 0 Å². The summed E-state index contributed by atoms with van der Waals surface area (Å²) < 4.78 is 0.743. The summed E-state index contributed by atoms with van der Waals surface area (Å²) in [7, 11) is 0. The third-order valence-electron chi connectivity index (χ3n) is 2.67. The maximum absolute atomic E-state index is 12.2. The van der Waals surface area contributed by atoms with Crippen molar-refractivity contribution < 1.29 is 4.79 Å². The van der Waals surface area contributed by atoms with Crippen LogP contribution in [0.2, 0.25) is 0 Å². The van der Waals surface area contributed by atoms with Gasteiger partial charge in [-0.15, -0.1) is 11.3 Å². The van der Waals surface area contributed by atoms with E-state index in [4.69, 9.17) is 11.0 Å².